The zero-order valence-corrected chi connectivity index (χ0v) is 10.4. The lowest BCUT2D eigenvalue weighted by Gasteiger charge is -2.08. The number of hydrogen-bond acceptors (Lipinski definition) is 4. The van der Waals surface area contributed by atoms with Gasteiger partial charge in [0.25, 0.3) is 0 Å². The van der Waals surface area contributed by atoms with Crippen molar-refractivity contribution in [3.8, 4) is 11.4 Å². The molecule has 0 radical (unpaired) electrons. The third-order valence-corrected chi connectivity index (χ3v) is 2.64. The van der Waals surface area contributed by atoms with E-state index in [1.807, 2.05) is 32.3 Å². The lowest BCUT2D eigenvalue weighted by atomic mass is 10.1. The first kappa shape index (κ1) is 11.5. The number of anilines is 1. The molecule has 4 nitrogen and oxygen atoms in total. The Bertz CT molecular complexity index is 523. The molecule has 0 fully saturated rings. The Morgan fingerprint density at radius 2 is 2.12 bits per heavy atom. The van der Waals surface area contributed by atoms with Gasteiger partial charge >= 0.3 is 0 Å². The van der Waals surface area contributed by atoms with Crippen molar-refractivity contribution in [2.24, 2.45) is 0 Å². The van der Waals surface area contributed by atoms with E-state index in [4.69, 9.17) is 0 Å². The summed E-state index contributed by atoms with van der Waals surface area (Å²) in [6.45, 7) is 4.08. The average molecular weight is 228 g/mol. The van der Waals surface area contributed by atoms with Crippen LogP contribution >= 0.6 is 0 Å². The van der Waals surface area contributed by atoms with E-state index in [9.17, 15) is 0 Å². The van der Waals surface area contributed by atoms with E-state index in [0.29, 0.717) is 0 Å². The lowest BCUT2D eigenvalue weighted by molar-refractivity contribution is 1.06. The van der Waals surface area contributed by atoms with Crippen molar-refractivity contribution in [3.05, 3.63) is 35.8 Å². The van der Waals surface area contributed by atoms with Gasteiger partial charge in [0.1, 0.15) is 5.82 Å². The topological polar surface area (TPSA) is 50.7 Å². The van der Waals surface area contributed by atoms with Crippen molar-refractivity contribution < 1.29 is 0 Å². The van der Waals surface area contributed by atoms with Crippen molar-refractivity contribution in [2.45, 2.75) is 20.3 Å². The van der Waals surface area contributed by atoms with Crippen LogP contribution in [-0.2, 0) is 6.42 Å². The molecule has 0 aliphatic heterocycles. The van der Waals surface area contributed by atoms with Crippen LogP contribution in [0.1, 0.15) is 18.2 Å². The second-order valence-corrected chi connectivity index (χ2v) is 3.85. The van der Waals surface area contributed by atoms with Gasteiger partial charge in [-0.25, -0.2) is 9.97 Å². The minimum atomic E-state index is 0.758. The minimum Gasteiger partial charge on any atom is -0.373 e. The molecule has 0 aliphatic carbocycles. The van der Waals surface area contributed by atoms with E-state index in [2.05, 4.69) is 27.2 Å². The molecular formula is C13H16N4. The van der Waals surface area contributed by atoms with Gasteiger partial charge in [-0.3, -0.25) is 4.98 Å². The van der Waals surface area contributed by atoms with Crippen LogP contribution in [0.25, 0.3) is 11.4 Å². The Hall–Kier alpha value is -1.97. The average Bonchev–Trinajstić information content (AvgIpc) is 2.37. The van der Waals surface area contributed by atoms with Gasteiger partial charge < -0.3 is 5.32 Å². The van der Waals surface area contributed by atoms with Gasteiger partial charge in [-0.15, -0.1) is 0 Å². The number of aryl methyl sites for hydroxylation is 2. The molecule has 0 spiro atoms. The molecule has 0 unspecified atom stereocenters. The van der Waals surface area contributed by atoms with Crippen molar-refractivity contribution in [1.29, 1.82) is 0 Å². The van der Waals surface area contributed by atoms with Gasteiger partial charge in [0.2, 0.25) is 0 Å². The summed E-state index contributed by atoms with van der Waals surface area (Å²) in [6.07, 6.45) is 4.58. The highest BCUT2D eigenvalue weighted by molar-refractivity contribution is 5.61. The third kappa shape index (κ3) is 2.41. The van der Waals surface area contributed by atoms with E-state index in [0.717, 1.165) is 29.3 Å². The van der Waals surface area contributed by atoms with E-state index in [1.165, 1.54) is 5.56 Å². The Morgan fingerprint density at radius 1 is 1.29 bits per heavy atom. The predicted molar refractivity (Wildman–Crippen MR) is 68.9 cm³/mol. The van der Waals surface area contributed by atoms with Crippen LogP contribution in [0.15, 0.2) is 24.5 Å². The Kier molecular flexibility index (Phi) is 3.32. The highest BCUT2D eigenvalue weighted by Gasteiger charge is 2.08. The van der Waals surface area contributed by atoms with Crippen LogP contribution in [-0.4, -0.2) is 22.0 Å². The number of nitrogens with zero attached hydrogens (tertiary/aromatic N) is 3. The molecular weight excluding hydrogens is 212 g/mol. The monoisotopic (exact) mass is 228 g/mol. The first-order chi connectivity index (χ1) is 8.24. The van der Waals surface area contributed by atoms with Gasteiger partial charge in [0.05, 0.1) is 0 Å². The van der Waals surface area contributed by atoms with Gasteiger partial charge in [-0.1, -0.05) is 6.92 Å². The van der Waals surface area contributed by atoms with Gasteiger partial charge in [0.15, 0.2) is 5.82 Å². The summed E-state index contributed by atoms with van der Waals surface area (Å²) in [6, 6.07) is 3.89. The number of pyridine rings is 1. The van der Waals surface area contributed by atoms with E-state index >= 15 is 0 Å². The first-order valence-electron chi connectivity index (χ1n) is 5.71. The molecule has 88 valence electrons. The molecule has 0 bridgehead atoms. The highest BCUT2D eigenvalue weighted by atomic mass is 15.0. The molecule has 0 aliphatic rings. The molecule has 1 N–H and O–H groups in total. The Labute approximate surface area is 101 Å². The van der Waals surface area contributed by atoms with Crippen molar-refractivity contribution >= 4 is 5.82 Å². The molecule has 2 heterocycles. The first-order valence-corrected chi connectivity index (χ1v) is 5.71. The largest absolute Gasteiger partial charge is 0.373 e. The SMILES string of the molecule is CCc1cnccc1-c1nc(C)cc(NC)n1. The summed E-state index contributed by atoms with van der Waals surface area (Å²) in [7, 11) is 1.86. The summed E-state index contributed by atoms with van der Waals surface area (Å²) in [5, 5.41) is 3.05. The Balaban J connectivity index is 2.55. The van der Waals surface area contributed by atoms with E-state index in [-0.39, 0.29) is 0 Å². The number of aromatic nitrogens is 3. The fourth-order valence-electron chi connectivity index (χ4n) is 1.74. The minimum absolute atomic E-state index is 0.758. The maximum atomic E-state index is 4.48. The maximum Gasteiger partial charge on any atom is 0.162 e. The molecule has 0 saturated carbocycles. The van der Waals surface area contributed by atoms with Crippen LogP contribution in [0, 0.1) is 6.92 Å². The second kappa shape index (κ2) is 4.91. The summed E-state index contributed by atoms with van der Waals surface area (Å²) >= 11 is 0. The normalized spacial score (nSPS) is 10.3. The highest BCUT2D eigenvalue weighted by Crippen LogP contribution is 2.21. The maximum absolute atomic E-state index is 4.48. The molecule has 2 aromatic heterocycles. The smallest absolute Gasteiger partial charge is 0.162 e. The van der Waals surface area contributed by atoms with Crippen LogP contribution in [0.4, 0.5) is 5.82 Å². The van der Waals surface area contributed by atoms with Gasteiger partial charge in [0, 0.05) is 36.8 Å². The zero-order chi connectivity index (χ0) is 12.3. The van der Waals surface area contributed by atoms with Gasteiger partial charge in [-0.2, -0.15) is 0 Å². The van der Waals surface area contributed by atoms with Crippen LogP contribution in [0.2, 0.25) is 0 Å². The van der Waals surface area contributed by atoms with Gasteiger partial charge in [-0.05, 0) is 25.0 Å². The van der Waals surface area contributed by atoms with Crippen molar-refractivity contribution in [3.63, 3.8) is 0 Å². The molecule has 0 aromatic carbocycles. The van der Waals surface area contributed by atoms with Crippen molar-refractivity contribution in [2.75, 3.05) is 12.4 Å². The van der Waals surface area contributed by atoms with Crippen molar-refractivity contribution in [1.82, 2.24) is 15.0 Å². The van der Waals surface area contributed by atoms with Crippen LogP contribution in [0.5, 0.6) is 0 Å². The third-order valence-electron chi connectivity index (χ3n) is 2.64. The number of nitrogens with one attached hydrogen (secondary N) is 1. The predicted octanol–water partition coefficient (Wildman–Crippen LogP) is 2.45. The summed E-state index contributed by atoms with van der Waals surface area (Å²) in [5.74, 6) is 1.60. The number of rotatable bonds is 3. The molecule has 0 atom stereocenters. The summed E-state index contributed by atoms with van der Waals surface area (Å²) < 4.78 is 0. The summed E-state index contributed by atoms with van der Waals surface area (Å²) in [5.41, 5.74) is 3.18. The quantitative estimate of drug-likeness (QED) is 0.876. The van der Waals surface area contributed by atoms with E-state index in [1.54, 1.807) is 6.20 Å². The van der Waals surface area contributed by atoms with Crippen LogP contribution < -0.4 is 5.32 Å². The Morgan fingerprint density at radius 3 is 2.82 bits per heavy atom. The van der Waals surface area contributed by atoms with Crippen LogP contribution in [0.3, 0.4) is 0 Å². The summed E-state index contributed by atoms with van der Waals surface area (Å²) in [4.78, 5) is 13.1. The molecule has 0 amide bonds. The molecule has 0 saturated heterocycles. The fourth-order valence-corrected chi connectivity index (χ4v) is 1.74. The zero-order valence-electron chi connectivity index (χ0n) is 10.4. The van der Waals surface area contributed by atoms with E-state index < -0.39 is 0 Å². The molecule has 2 aromatic rings. The standard InChI is InChI=1S/C13H16N4/c1-4-10-8-15-6-5-11(10)13-16-9(2)7-12(14-3)17-13/h5-8H,4H2,1-3H3,(H,14,16,17). The molecule has 17 heavy (non-hydrogen) atoms. The second-order valence-electron chi connectivity index (χ2n) is 3.85. The fraction of sp³-hybridized carbons (Fsp3) is 0.308. The lowest BCUT2D eigenvalue weighted by Crippen LogP contribution is -2.00. The molecule has 2 rings (SSSR count). The molecule has 4 heteroatoms. The number of hydrogen-bond donors (Lipinski definition) is 1.